The minimum Gasteiger partial charge on any atom is -0.309 e. The van der Waals surface area contributed by atoms with Crippen LogP contribution in [0.15, 0.2) is 267 Å². The van der Waals surface area contributed by atoms with Crippen molar-refractivity contribution in [3.63, 3.8) is 0 Å². The normalized spacial score (nSPS) is 12.1. The molecular formula is C66H44N6Si. The molecule has 0 aliphatic carbocycles. The number of hydrogen-bond acceptors (Lipinski definition) is 2. The van der Waals surface area contributed by atoms with Gasteiger partial charge in [0.25, 0.3) is 0 Å². The van der Waals surface area contributed by atoms with E-state index in [-0.39, 0.29) is 0 Å². The molecule has 0 fully saturated rings. The molecule has 0 unspecified atom stereocenters. The van der Waals surface area contributed by atoms with Crippen molar-refractivity contribution in [2.24, 2.45) is 0 Å². The molecule has 0 aliphatic rings. The van der Waals surface area contributed by atoms with Crippen molar-refractivity contribution in [2.45, 2.75) is 0 Å². The van der Waals surface area contributed by atoms with Crippen LogP contribution in [0.5, 0.6) is 0 Å². The molecule has 0 radical (unpaired) electrons. The van der Waals surface area contributed by atoms with Crippen molar-refractivity contribution in [3.05, 3.63) is 267 Å². The highest BCUT2D eigenvalue weighted by atomic mass is 28.3. The third kappa shape index (κ3) is 6.16. The third-order valence-electron chi connectivity index (χ3n) is 15.1. The van der Waals surface area contributed by atoms with E-state index in [2.05, 4.69) is 285 Å². The lowest BCUT2D eigenvalue weighted by atomic mass is 10.1. The molecule has 0 spiro atoms. The SMILES string of the molecule is c1ccc([Si](c2ccccc2)(c2ccc(-c3cc(-n4c5ccccc5c5ccccc54)nc(-n4c5ccccc5n5c6ccccc6nc45)c3)cc2)c2cccc(-n3c4ccccc4c4ccccc43)c2)cc1. The minimum absolute atomic E-state index is 0.791. The highest BCUT2D eigenvalue weighted by molar-refractivity contribution is 7.19. The smallest absolute Gasteiger partial charge is 0.221 e. The van der Waals surface area contributed by atoms with Gasteiger partial charge in [-0.1, -0.05) is 194 Å². The second kappa shape index (κ2) is 16.2. The number of rotatable bonds is 8. The van der Waals surface area contributed by atoms with E-state index in [1.807, 2.05) is 0 Å². The van der Waals surface area contributed by atoms with Crippen molar-refractivity contribution in [1.82, 2.24) is 28.1 Å². The average Bonchev–Trinajstić information content (AvgIpc) is 4.20. The van der Waals surface area contributed by atoms with Crippen LogP contribution >= 0.6 is 0 Å². The van der Waals surface area contributed by atoms with E-state index >= 15 is 0 Å². The molecule has 0 aliphatic heterocycles. The van der Waals surface area contributed by atoms with Gasteiger partial charge in [0.05, 0.1) is 44.1 Å². The number of fused-ring (bicyclic) bond motifs is 11. The van der Waals surface area contributed by atoms with Gasteiger partial charge in [-0.15, -0.1) is 0 Å². The molecule has 73 heavy (non-hydrogen) atoms. The third-order valence-corrected chi connectivity index (χ3v) is 19.9. The number of pyridine rings is 1. The highest BCUT2D eigenvalue weighted by Crippen LogP contribution is 2.36. The van der Waals surface area contributed by atoms with Crippen LogP contribution in [0.1, 0.15) is 0 Å². The van der Waals surface area contributed by atoms with E-state index in [0.717, 1.165) is 67.3 Å². The van der Waals surface area contributed by atoms with Crippen molar-refractivity contribution in [1.29, 1.82) is 0 Å². The van der Waals surface area contributed by atoms with Crippen LogP contribution in [-0.2, 0) is 0 Å². The first-order valence-corrected chi connectivity index (χ1v) is 26.9. The summed E-state index contributed by atoms with van der Waals surface area (Å²) in [7, 11) is -3.00. The molecule has 5 heterocycles. The van der Waals surface area contributed by atoms with Crippen LogP contribution in [0.2, 0.25) is 0 Å². The Morgan fingerprint density at radius 2 is 0.712 bits per heavy atom. The Balaban J connectivity index is 0.970. The number of nitrogens with zero attached hydrogens (tertiary/aromatic N) is 6. The van der Waals surface area contributed by atoms with Crippen LogP contribution in [0, 0.1) is 0 Å². The molecule has 0 saturated heterocycles. The number of hydrogen-bond donors (Lipinski definition) is 0. The van der Waals surface area contributed by atoms with Crippen LogP contribution in [0.4, 0.5) is 0 Å². The minimum atomic E-state index is -3.00. The predicted octanol–water partition coefficient (Wildman–Crippen LogP) is 13.1. The Morgan fingerprint density at radius 3 is 1.29 bits per heavy atom. The first-order valence-electron chi connectivity index (χ1n) is 24.9. The summed E-state index contributed by atoms with van der Waals surface area (Å²) in [6.07, 6.45) is 0. The summed E-state index contributed by atoms with van der Waals surface area (Å²) >= 11 is 0. The summed E-state index contributed by atoms with van der Waals surface area (Å²) in [6.45, 7) is 0. The van der Waals surface area contributed by atoms with E-state index in [1.165, 1.54) is 53.3 Å². The lowest BCUT2D eigenvalue weighted by Crippen LogP contribution is -2.74. The Labute approximate surface area is 421 Å². The fraction of sp³-hybridized carbons (Fsp3) is 0. The second-order valence-corrected chi connectivity index (χ2v) is 22.8. The zero-order valence-electron chi connectivity index (χ0n) is 39.6. The van der Waals surface area contributed by atoms with Crippen molar-refractivity contribution in [2.75, 3.05) is 0 Å². The van der Waals surface area contributed by atoms with Crippen molar-refractivity contribution < 1.29 is 0 Å². The molecular weight excluding hydrogens is 905 g/mol. The number of imidazole rings is 2. The first-order chi connectivity index (χ1) is 36.2. The van der Waals surface area contributed by atoms with Gasteiger partial charge < -0.3 is 4.57 Å². The first kappa shape index (κ1) is 41.2. The summed E-state index contributed by atoms with van der Waals surface area (Å²) in [6, 6.07) is 97.6. The van der Waals surface area contributed by atoms with Gasteiger partial charge in [0.15, 0.2) is 8.07 Å². The summed E-state index contributed by atoms with van der Waals surface area (Å²) in [5, 5.41) is 10.1. The maximum absolute atomic E-state index is 5.63. The highest BCUT2D eigenvalue weighted by Gasteiger charge is 2.41. The fourth-order valence-electron chi connectivity index (χ4n) is 12.0. The van der Waals surface area contributed by atoms with E-state index < -0.39 is 8.07 Å². The van der Waals surface area contributed by atoms with Gasteiger partial charge in [0.2, 0.25) is 5.78 Å². The molecule has 15 rings (SSSR count). The Hall–Kier alpha value is -9.56. The number of aromatic nitrogens is 6. The molecule has 342 valence electrons. The number of benzene rings is 10. The maximum atomic E-state index is 5.63. The predicted molar refractivity (Wildman–Crippen MR) is 305 cm³/mol. The molecule has 5 aromatic heterocycles. The quantitative estimate of drug-likeness (QED) is 0.113. The fourth-order valence-corrected chi connectivity index (χ4v) is 16.8. The molecule has 15 aromatic rings. The van der Waals surface area contributed by atoms with Gasteiger partial charge in [-0.3, -0.25) is 13.5 Å². The molecule has 0 amide bonds. The number of para-hydroxylation sites is 8. The maximum Gasteiger partial charge on any atom is 0.221 e. The lowest BCUT2D eigenvalue weighted by Gasteiger charge is -2.35. The van der Waals surface area contributed by atoms with Gasteiger partial charge in [-0.05, 0) is 105 Å². The molecule has 0 bridgehead atoms. The summed E-state index contributed by atoms with van der Waals surface area (Å²) in [5.41, 5.74) is 12.0. The molecule has 0 saturated carbocycles. The zero-order chi connectivity index (χ0) is 48.0. The van der Waals surface area contributed by atoms with E-state index in [9.17, 15) is 0 Å². The van der Waals surface area contributed by atoms with Crippen LogP contribution in [0.3, 0.4) is 0 Å². The topological polar surface area (TPSA) is 45.0 Å². The monoisotopic (exact) mass is 948 g/mol. The van der Waals surface area contributed by atoms with Crippen molar-refractivity contribution in [3.8, 4) is 28.5 Å². The van der Waals surface area contributed by atoms with Crippen LogP contribution in [0.25, 0.3) is 99.9 Å². The Bertz CT molecular complexity index is 4470. The van der Waals surface area contributed by atoms with Crippen LogP contribution in [-0.4, -0.2) is 36.1 Å². The van der Waals surface area contributed by atoms with Gasteiger partial charge in [0.1, 0.15) is 11.6 Å². The van der Waals surface area contributed by atoms with Gasteiger partial charge >= 0.3 is 0 Å². The second-order valence-electron chi connectivity index (χ2n) is 19.0. The van der Waals surface area contributed by atoms with Gasteiger partial charge in [0, 0.05) is 27.2 Å². The molecule has 0 N–H and O–H groups in total. The van der Waals surface area contributed by atoms with E-state index in [4.69, 9.17) is 9.97 Å². The van der Waals surface area contributed by atoms with E-state index in [1.54, 1.807) is 0 Å². The van der Waals surface area contributed by atoms with Gasteiger partial charge in [-0.2, -0.15) is 0 Å². The summed E-state index contributed by atoms with van der Waals surface area (Å²) in [5.74, 6) is 2.44. The lowest BCUT2D eigenvalue weighted by molar-refractivity contribution is 0.997. The largest absolute Gasteiger partial charge is 0.309 e. The van der Waals surface area contributed by atoms with Crippen molar-refractivity contribution >= 4 is 100 Å². The molecule has 6 nitrogen and oxygen atoms in total. The molecule has 7 heteroatoms. The Kier molecular flexibility index (Phi) is 9.18. The standard InChI is InChI=1S/C66H44N6Si/c1-3-21-48(22-4-1)73(49-23-5-2-6-24-49,51-25-19-20-47(44-51)69-57-31-12-7-26-52(57)53-27-8-13-32-58(53)69)50-40-38-45(39-41-50)46-42-64(70-59-33-14-9-28-54(59)55-29-10-15-34-60(55)70)68-65(43-46)72-63-37-18-17-36-62(63)71-61-35-16-11-30-56(61)67-66(71)72/h1-44H. The zero-order valence-corrected chi connectivity index (χ0v) is 40.6. The molecule has 10 aromatic carbocycles. The average molecular weight is 949 g/mol. The Morgan fingerprint density at radius 1 is 0.274 bits per heavy atom. The van der Waals surface area contributed by atoms with Crippen LogP contribution < -0.4 is 20.7 Å². The van der Waals surface area contributed by atoms with Gasteiger partial charge in [-0.25, -0.2) is 9.97 Å². The summed E-state index contributed by atoms with van der Waals surface area (Å²) in [4.78, 5) is 10.9. The summed E-state index contributed by atoms with van der Waals surface area (Å²) < 4.78 is 9.26. The molecule has 0 atom stereocenters. The van der Waals surface area contributed by atoms with E-state index in [0.29, 0.717) is 0 Å².